The molecule has 0 aliphatic rings. The van der Waals surface area contributed by atoms with E-state index in [1.165, 1.54) is 6.07 Å². The molecule has 0 aromatic heterocycles. The lowest BCUT2D eigenvalue weighted by molar-refractivity contribution is 0.603. The molecule has 0 N–H and O–H groups in total. The lowest BCUT2D eigenvalue weighted by Crippen LogP contribution is -2.08. The highest BCUT2D eigenvalue weighted by molar-refractivity contribution is 9.11. The second-order valence-electron chi connectivity index (χ2n) is 1.27. The Kier molecular flexibility index (Phi) is 2.44. The summed E-state index contributed by atoms with van der Waals surface area (Å²) in [5.41, 5.74) is 0. The van der Waals surface area contributed by atoms with E-state index in [1.807, 2.05) is 0 Å². The zero-order valence-corrected chi connectivity index (χ0v) is 6.53. The standard InChI is InChI=1S/C3H4BrNO2S/c1-8(6,7)3(4)2-5/h3H,1H3/t3-/m0/s1. The van der Waals surface area contributed by atoms with Crippen molar-refractivity contribution in [2.75, 3.05) is 6.26 Å². The van der Waals surface area contributed by atoms with E-state index in [1.54, 1.807) is 0 Å². The maximum absolute atomic E-state index is 10.3. The molecule has 0 saturated heterocycles. The van der Waals surface area contributed by atoms with Crippen molar-refractivity contribution in [1.29, 1.82) is 5.26 Å². The van der Waals surface area contributed by atoms with Gasteiger partial charge in [0.15, 0.2) is 9.84 Å². The van der Waals surface area contributed by atoms with Crippen LogP contribution >= 0.6 is 15.9 Å². The number of rotatable bonds is 1. The van der Waals surface area contributed by atoms with Crippen LogP contribution in [-0.2, 0) is 9.84 Å². The minimum atomic E-state index is -3.20. The predicted octanol–water partition coefficient (Wildman–Crippen LogP) is 0.276. The fourth-order valence-electron chi connectivity index (χ4n) is 0.0957. The molecule has 0 rings (SSSR count). The molecule has 0 heterocycles. The molecular formula is C3H4BrNO2S. The molecule has 0 saturated carbocycles. The van der Waals surface area contributed by atoms with Gasteiger partial charge in [-0.05, 0) is 0 Å². The molecule has 3 nitrogen and oxygen atoms in total. The molecular weight excluding hydrogens is 194 g/mol. The number of nitrogens with zero attached hydrogens (tertiary/aromatic N) is 1. The van der Waals surface area contributed by atoms with E-state index in [-0.39, 0.29) is 0 Å². The summed E-state index contributed by atoms with van der Waals surface area (Å²) >= 11 is 2.65. The molecule has 0 aliphatic carbocycles. The van der Waals surface area contributed by atoms with Crippen molar-refractivity contribution in [2.24, 2.45) is 0 Å². The summed E-state index contributed by atoms with van der Waals surface area (Å²) in [5.74, 6) is 0. The van der Waals surface area contributed by atoms with Crippen molar-refractivity contribution in [1.82, 2.24) is 0 Å². The van der Waals surface area contributed by atoms with Crippen LogP contribution in [0.25, 0.3) is 0 Å². The summed E-state index contributed by atoms with van der Waals surface area (Å²) in [5, 5.41) is 7.99. The van der Waals surface area contributed by atoms with Crippen molar-refractivity contribution < 1.29 is 8.42 Å². The van der Waals surface area contributed by atoms with Gasteiger partial charge in [0.2, 0.25) is 4.16 Å². The van der Waals surface area contributed by atoms with E-state index in [0.717, 1.165) is 6.26 Å². The highest BCUT2D eigenvalue weighted by Gasteiger charge is 2.14. The van der Waals surface area contributed by atoms with Crippen LogP contribution < -0.4 is 0 Å². The summed E-state index contributed by atoms with van der Waals surface area (Å²) in [6.45, 7) is 0. The summed E-state index contributed by atoms with van der Waals surface area (Å²) in [4.78, 5) is 0. The Morgan fingerprint density at radius 1 is 1.75 bits per heavy atom. The summed E-state index contributed by atoms with van der Waals surface area (Å²) in [6.07, 6.45) is 0.996. The third-order valence-electron chi connectivity index (χ3n) is 0.477. The van der Waals surface area contributed by atoms with Crippen LogP contribution in [-0.4, -0.2) is 18.8 Å². The quantitative estimate of drug-likeness (QED) is 0.568. The number of hydrogen-bond acceptors (Lipinski definition) is 3. The molecule has 0 fully saturated rings. The van der Waals surface area contributed by atoms with Gasteiger partial charge < -0.3 is 0 Å². The SMILES string of the molecule is CS(=O)(=O)[C@H](Br)C#N. The van der Waals surface area contributed by atoms with Gasteiger partial charge in [0.1, 0.15) is 0 Å². The Hall–Kier alpha value is -0.0800. The Balaban J connectivity index is 4.34. The van der Waals surface area contributed by atoms with Crippen molar-refractivity contribution >= 4 is 25.8 Å². The first-order valence-electron chi connectivity index (χ1n) is 1.71. The molecule has 0 aromatic carbocycles. The Morgan fingerprint density at radius 2 is 2.12 bits per heavy atom. The minimum absolute atomic E-state index is 0.996. The van der Waals surface area contributed by atoms with Crippen molar-refractivity contribution in [2.45, 2.75) is 4.16 Å². The average molecular weight is 198 g/mol. The number of sulfone groups is 1. The molecule has 0 bridgehead atoms. The van der Waals surface area contributed by atoms with Crippen molar-refractivity contribution in [3.8, 4) is 6.07 Å². The second-order valence-corrected chi connectivity index (χ2v) is 4.93. The molecule has 0 unspecified atom stereocenters. The lowest BCUT2D eigenvalue weighted by atomic mass is 10.9. The molecule has 0 spiro atoms. The van der Waals surface area contributed by atoms with Gasteiger partial charge in [0.25, 0.3) is 0 Å². The Labute approximate surface area is 56.4 Å². The van der Waals surface area contributed by atoms with Gasteiger partial charge in [0.05, 0.1) is 6.07 Å². The van der Waals surface area contributed by atoms with Crippen LogP contribution in [0.5, 0.6) is 0 Å². The van der Waals surface area contributed by atoms with Gasteiger partial charge in [-0.15, -0.1) is 0 Å². The third kappa shape index (κ3) is 2.28. The van der Waals surface area contributed by atoms with E-state index < -0.39 is 14.0 Å². The van der Waals surface area contributed by atoms with Crippen LogP contribution in [0, 0.1) is 11.3 Å². The van der Waals surface area contributed by atoms with Gasteiger partial charge in [-0.25, -0.2) is 8.42 Å². The summed E-state index contributed by atoms with van der Waals surface area (Å²) in [6, 6.07) is 1.53. The maximum Gasteiger partial charge on any atom is 0.201 e. The van der Waals surface area contributed by atoms with Crippen LogP contribution in [0.15, 0.2) is 0 Å². The number of nitriles is 1. The summed E-state index contributed by atoms with van der Waals surface area (Å²) < 4.78 is 19.5. The van der Waals surface area contributed by atoms with Crippen LogP contribution in [0.1, 0.15) is 0 Å². The van der Waals surface area contributed by atoms with Crippen molar-refractivity contribution in [3.63, 3.8) is 0 Å². The first-order chi connectivity index (χ1) is 3.48. The first kappa shape index (κ1) is 7.92. The molecule has 8 heavy (non-hydrogen) atoms. The predicted molar refractivity (Wildman–Crippen MR) is 33.2 cm³/mol. The van der Waals surface area contributed by atoms with Gasteiger partial charge in [0, 0.05) is 6.26 Å². The molecule has 0 aromatic rings. The largest absolute Gasteiger partial charge is 0.227 e. The van der Waals surface area contributed by atoms with E-state index in [9.17, 15) is 8.42 Å². The smallest absolute Gasteiger partial charge is 0.201 e. The van der Waals surface area contributed by atoms with Crippen LogP contribution in [0.3, 0.4) is 0 Å². The van der Waals surface area contributed by atoms with Gasteiger partial charge in [-0.2, -0.15) is 5.26 Å². The fraction of sp³-hybridized carbons (Fsp3) is 0.667. The topological polar surface area (TPSA) is 57.9 Å². The van der Waals surface area contributed by atoms with E-state index in [2.05, 4.69) is 15.9 Å². The first-order valence-corrected chi connectivity index (χ1v) is 4.58. The maximum atomic E-state index is 10.3. The average Bonchev–Trinajstić information content (AvgIpc) is 1.62. The van der Waals surface area contributed by atoms with Crippen LogP contribution in [0.4, 0.5) is 0 Å². The third-order valence-corrected chi connectivity index (χ3v) is 3.58. The molecule has 1 atom stereocenters. The second kappa shape index (κ2) is 2.46. The number of alkyl halides is 1. The van der Waals surface area contributed by atoms with Crippen molar-refractivity contribution in [3.05, 3.63) is 0 Å². The normalized spacial score (nSPS) is 14.6. The molecule has 0 aliphatic heterocycles. The minimum Gasteiger partial charge on any atom is -0.227 e. The number of hydrogen-bond donors (Lipinski definition) is 0. The van der Waals surface area contributed by atoms with E-state index in [0.29, 0.717) is 0 Å². The highest BCUT2D eigenvalue weighted by Crippen LogP contribution is 2.04. The Morgan fingerprint density at radius 3 is 2.12 bits per heavy atom. The van der Waals surface area contributed by atoms with E-state index >= 15 is 0 Å². The molecule has 0 radical (unpaired) electrons. The fourth-order valence-corrected chi connectivity index (χ4v) is 0.287. The van der Waals surface area contributed by atoms with Crippen LogP contribution in [0.2, 0.25) is 0 Å². The summed E-state index contributed by atoms with van der Waals surface area (Å²) in [7, 11) is -3.20. The lowest BCUT2D eigenvalue weighted by Gasteiger charge is -1.91. The van der Waals surface area contributed by atoms with Gasteiger partial charge in [-0.3, -0.25) is 0 Å². The Bertz CT molecular complexity index is 202. The molecule has 5 heteroatoms. The highest BCUT2D eigenvalue weighted by atomic mass is 79.9. The number of halogens is 1. The van der Waals surface area contributed by atoms with Gasteiger partial charge >= 0.3 is 0 Å². The molecule has 46 valence electrons. The van der Waals surface area contributed by atoms with Gasteiger partial charge in [-0.1, -0.05) is 15.9 Å². The zero-order chi connectivity index (χ0) is 6.78. The monoisotopic (exact) mass is 197 g/mol. The zero-order valence-electron chi connectivity index (χ0n) is 4.13. The van der Waals surface area contributed by atoms with E-state index in [4.69, 9.17) is 5.26 Å². The molecule has 0 amide bonds.